The summed E-state index contributed by atoms with van der Waals surface area (Å²) < 4.78 is 0. The summed E-state index contributed by atoms with van der Waals surface area (Å²) in [6, 6.07) is 14.0. The quantitative estimate of drug-likeness (QED) is 0.335. The standard InChI is InChI=1S/C32H37N3O4S/c36-28-9-8-26(29(37)34-28)35-17-25-24(30(35)38)2-1-3-27(25)40-18-21-6-4-20(5-7-21)10-11-33-31-13-22-12-23(14-31)16-32(39,15-22)19-31/h1-7,22-23,26,33,39H,8-19H2,(H,34,36,37). The maximum atomic E-state index is 13.1. The second kappa shape index (κ2) is 10.00. The highest BCUT2D eigenvalue weighted by atomic mass is 32.2. The topological polar surface area (TPSA) is 98.7 Å². The summed E-state index contributed by atoms with van der Waals surface area (Å²) >= 11 is 1.72. The molecular formula is C32H37N3O4S. The zero-order valence-corrected chi connectivity index (χ0v) is 23.6. The molecule has 5 fully saturated rings. The molecule has 7 nitrogen and oxygen atoms in total. The highest BCUT2D eigenvalue weighted by Gasteiger charge is 2.56. The lowest BCUT2D eigenvalue weighted by Gasteiger charge is -2.60. The van der Waals surface area contributed by atoms with E-state index in [4.69, 9.17) is 0 Å². The SMILES string of the molecule is O=C1CCC(N2Cc3c(SCc4ccc(CCNC56CC7CC(CC(O)(C7)C5)C6)cc4)cccc3C2=O)C(=O)N1. The molecule has 4 saturated carbocycles. The van der Waals surface area contributed by atoms with E-state index in [1.807, 2.05) is 18.2 Å². The summed E-state index contributed by atoms with van der Waals surface area (Å²) in [6.07, 6.45) is 8.31. The van der Waals surface area contributed by atoms with E-state index in [-0.39, 0.29) is 29.7 Å². The molecule has 4 aliphatic carbocycles. The van der Waals surface area contributed by atoms with Crippen LogP contribution in [0.2, 0.25) is 0 Å². The number of hydrogen-bond donors (Lipinski definition) is 3. The van der Waals surface area contributed by atoms with Gasteiger partial charge >= 0.3 is 0 Å². The predicted octanol–water partition coefficient (Wildman–Crippen LogP) is 3.96. The van der Waals surface area contributed by atoms with Crippen molar-refractivity contribution in [2.45, 2.75) is 92.2 Å². The Bertz CT molecular complexity index is 1340. The Kier molecular flexibility index (Phi) is 6.56. The number of nitrogens with zero attached hydrogens (tertiary/aromatic N) is 1. The van der Waals surface area contributed by atoms with Crippen LogP contribution in [-0.2, 0) is 28.3 Å². The number of piperidine rings is 1. The van der Waals surface area contributed by atoms with Crippen molar-refractivity contribution in [3.8, 4) is 0 Å². The zero-order chi connectivity index (χ0) is 27.5. The number of fused-ring (bicyclic) bond motifs is 1. The van der Waals surface area contributed by atoms with Gasteiger partial charge in [0, 0.05) is 34.7 Å². The summed E-state index contributed by atoms with van der Waals surface area (Å²) in [5.41, 5.74) is 3.89. The monoisotopic (exact) mass is 559 g/mol. The first-order valence-electron chi connectivity index (χ1n) is 14.7. The molecule has 1 saturated heterocycles. The van der Waals surface area contributed by atoms with Gasteiger partial charge in [-0.15, -0.1) is 11.8 Å². The molecule has 40 heavy (non-hydrogen) atoms. The summed E-state index contributed by atoms with van der Waals surface area (Å²) in [4.78, 5) is 39.7. The number of hydrogen-bond acceptors (Lipinski definition) is 6. The van der Waals surface area contributed by atoms with Gasteiger partial charge in [0.05, 0.1) is 5.60 Å². The van der Waals surface area contributed by atoms with E-state index >= 15 is 0 Å². The highest BCUT2D eigenvalue weighted by molar-refractivity contribution is 7.98. The molecule has 210 valence electrons. The van der Waals surface area contributed by atoms with E-state index in [0.29, 0.717) is 30.4 Å². The number of aliphatic hydroxyl groups is 1. The van der Waals surface area contributed by atoms with Gasteiger partial charge in [0.2, 0.25) is 11.8 Å². The first-order chi connectivity index (χ1) is 19.3. The van der Waals surface area contributed by atoms with Crippen molar-refractivity contribution in [1.82, 2.24) is 15.5 Å². The van der Waals surface area contributed by atoms with E-state index in [2.05, 4.69) is 34.9 Å². The van der Waals surface area contributed by atoms with E-state index in [1.54, 1.807) is 16.7 Å². The average molecular weight is 560 g/mol. The van der Waals surface area contributed by atoms with E-state index in [1.165, 1.54) is 30.4 Å². The molecule has 0 aromatic heterocycles. The summed E-state index contributed by atoms with van der Waals surface area (Å²) in [5, 5.41) is 17.3. The van der Waals surface area contributed by atoms with Crippen molar-refractivity contribution in [2.75, 3.05) is 6.54 Å². The molecule has 2 aliphatic heterocycles. The average Bonchev–Trinajstić information content (AvgIpc) is 3.23. The van der Waals surface area contributed by atoms with Gasteiger partial charge in [-0.25, -0.2) is 0 Å². The third kappa shape index (κ3) is 4.88. The first kappa shape index (κ1) is 26.2. The number of rotatable bonds is 8. The van der Waals surface area contributed by atoms with Crippen molar-refractivity contribution < 1.29 is 19.5 Å². The maximum Gasteiger partial charge on any atom is 0.255 e. The predicted molar refractivity (Wildman–Crippen MR) is 153 cm³/mol. The number of nitrogens with one attached hydrogen (secondary N) is 2. The number of benzene rings is 2. The fourth-order valence-electron chi connectivity index (χ4n) is 8.55. The second-order valence-corrected chi connectivity index (χ2v) is 13.9. The molecule has 2 aromatic rings. The smallest absolute Gasteiger partial charge is 0.255 e. The van der Waals surface area contributed by atoms with Gasteiger partial charge in [-0.2, -0.15) is 0 Å². The van der Waals surface area contributed by atoms with Gasteiger partial charge in [-0.05, 0) is 98.6 Å². The highest BCUT2D eigenvalue weighted by Crippen LogP contribution is 2.57. The third-order valence-electron chi connectivity index (χ3n) is 9.90. The molecule has 2 heterocycles. The molecule has 3 N–H and O–H groups in total. The molecule has 3 amide bonds. The van der Waals surface area contributed by atoms with Gasteiger partial charge < -0.3 is 15.3 Å². The summed E-state index contributed by atoms with van der Waals surface area (Å²) in [7, 11) is 0. The number of imide groups is 1. The number of carbonyl (C=O) groups is 3. The van der Waals surface area contributed by atoms with Crippen LogP contribution in [0.3, 0.4) is 0 Å². The van der Waals surface area contributed by atoms with Crippen LogP contribution in [0.4, 0.5) is 0 Å². The number of amides is 3. The fraction of sp³-hybridized carbons (Fsp3) is 0.531. The molecule has 0 radical (unpaired) electrons. The van der Waals surface area contributed by atoms with Gasteiger partial charge in [-0.1, -0.05) is 30.3 Å². The molecule has 8 heteroatoms. The molecule has 0 spiro atoms. The third-order valence-corrected chi connectivity index (χ3v) is 11.1. The molecule has 6 aliphatic rings. The van der Waals surface area contributed by atoms with Crippen LogP contribution in [0.5, 0.6) is 0 Å². The molecule has 2 aromatic carbocycles. The summed E-state index contributed by atoms with van der Waals surface area (Å²) in [6.45, 7) is 1.34. The first-order valence-corrected chi connectivity index (χ1v) is 15.7. The molecule has 3 atom stereocenters. The Balaban J connectivity index is 0.941. The molecule has 3 unspecified atom stereocenters. The molecule has 8 rings (SSSR count). The van der Waals surface area contributed by atoms with Crippen molar-refractivity contribution in [3.05, 3.63) is 64.7 Å². The van der Waals surface area contributed by atoms with E-state index in [0.717, 1.165) is 48.4 Å². The second-order valence-electron chi connectivity index (χ2n) is 12.9. The van der Waals surface area contributed by atoms with Gasteiger partial charge in [0.15, 0.2) is 0 Å². The maximum absolute atomic E-state index is 13.1. The number of carbonyl (C=O) groups excluding carboxylic acids is 3. The van der Waals surface area contributed by atoms with Crippen LogP contribution >= 0.6 is 11.8 Å². The molecular weight excluding hydrogens is 522 g/mol. The zero-order valence-electron chi connectivity index (χ0n) is 22.8. The van der Waals surface area contributed by atoms with E-state index < -0.39 is 11.6 Å². The Morgan fingerprint density at radius 1 is 1.00 bits per heavy atom. The summed E-state index contributed by atoms with van der Waals surface area (Å²) in [5.74, 6) is 1.41. The lowest BCUT2D eigenvalue weighted by atomic mass is 9.51. The minimum atomic E-state index is -0.592. The van der Waals surface area contributed by atoms with Crippen molar-refractivity contribution >= 4 is 29.5 Å². The van der Waals surface area contributed by atoms with Crippen LogP contribution in [-0.4, -0.2) is 51.5 Å². The van der Waals surface area contributed by atoms with Crippen LogP contribution in [0.1, 0.15) is 78.4 Å². The van der Waals surface area contributed by atoms with Gasteiger partial charge in [0.25, 0.3) is 5.91 Å². The normalized spacial score (nSPS) is 32.5. The van der Waals surface area contributed by atoms with Crippen molar-refractivity contribution in [1.29, 1.82) is 0 Å². The Morgan fingerprint density at radius 3 is 2.48 bits per heavy atom. The Hall–Kier alpha value is -2.68. The van der Waals surface area contributed by atoms with Gasteiger partial charge in [-0.3, -0.25) is 19.7 Å². The number of thioether (sulfide) groups is 1. The van der Waals surface area contributed by atoms with Crippen LogP contribution in [0.25, 0.3) is 0 Å². The van der Waals surface area contributed by atoms with Crippen LogP contribution in [0.15, 0.2) is 47.4 Å². The fourth-order valence-corrected chi connectivity index (χ4v) is 9.59. The van der Waals surface area contributed by atoms with Crippen LogP contribution < -0.4 is 10.6 Å². The minimum absolute atomic E-state index is 0.132. The van der Waals surface area contributed by atoms with Crippen molar-refractivity contribution in [2.24, 2.45) is 11.8 Å². The lowest BCUT2D eigenvalue weighted by molar-refractivity contribution is -0.142. The Morgan fingerprint density at radius 2 is 1.75 bits per heavy atom. The van der Waals surface area contributed by atoms with E-state index in [9.17, 15) is 19.5 Å². The largest absolute Gasteiger partial charge is 0.390 e. The minimum Gasteiger partial charge on any atom is -0.390 e. The Labute approximate surface area is 239 Å². The van der Waals surface area contributed by atoms with Crippen LogP contribution in [0, 0.1) is 11.8 Å². The van der Waals surface area contributed by atoms with Crippen molar-refractivity contribution in [3.63, 3.8) is 0 Å². The lowest BCUT2D eigenvalue weighted by Crippen LogP contribution is -2.64. The van der Waals surface area contributed by atoms with Gasteiger partial charge in [0.1, 0.15) is 6.04 Å². The molecule has 4 bridgehead atoms.